The molecule has 1 atom stereocenters. The zero-order valence-corrected chi connectivity index (χ0v) is 16.2. The molecule has 0 spiro atoms. The fraction of sp³-hybridized carbons (Fsp3) is 0.412. The summed E-state index contributed by atoms with van der Waals surface area (Å²) in [6.45, 7) is 2.88. The molecule has 0 aromatic heterocycles. The fourth-order valence-electron chi connectivity index (χ4n) is 2.16. The van der Waals surface area contributed by atoms with E-state index in [1.54, 1.807) is 38.1 Å². The Kier molecular flexibility index (Phi) is 8.94. The first-order valence-corrected chi connectivity index (χ1v) is 8.78. The molecule has 0 radical (unpaired) electrons. The number of carboxylic acid groups (broad SMARTS) is 1. The van der Waals surface area contributed by atoms with Crippen LogP contribution in [0.2, 0.25) is 0 Å². The number of hydrogen-bond acceptors (Lipinski definition) is 5. The molecule has 1 rings (SSSR count). The third-order valence-electron chi connectivity index (χ3n) is 3.51. The SMILES string of the molecule is CC(C)C(NC(=O)CNCC(=O)N(CC=O)c1ccc(Br)cc1)C(=O)O. The number of amides is 2. The highest BCUT2D eigenvalue weighted by Crippen LogP contribution is 2.18. The molecule has 0 fully saturated rings. The van der Waals surface area contributed by atoms with Gasteiger partial charge in [-0.25, -0.2) is 4.79 Å². The summed E-state index contributed by atoms with van der Waals surface area (Å²) in [5.41, 5.74) is 0.558. The van der Waals surface area contributed by atoms with Gasteiger partial charge in [-0.2, -0.15) is 0 Å². The Balaban J connectivity index is 2.57. The average Bonchev–Trinajstić information content (AvgIpc) is 2.57. The van der Waals surface area contributed by atoms with E-state index in [9.17, 15) is 19.2 Å². The standard InChI is InChI=1S/C17H22BrN3O5/c1-11(2)16(17(25)26)20-14(23)9-19-10-15(24)21(7-8-22)13-5-3-12(18)4-6-13/h3-6,8,11,16,19H,7,9-10H2,1-2H3,(H,20,23)(H,25,26). The molecule has 0 saturated carbocycles. The number of carbonyl (C=O) groups is 4. The minimum absolute atomic E-state index is 0.108. The zero-order valence-electron chi connectivity index (χ0n) is 14.6. The molecule has 0 aliphatic rings. The van der Waals surface area contributed by atoms with E-state index >= 15 is 0 Å². The van der Waals surface area contributed by atoms with Crippen LogP contribution in [0.1, 0.15) is 13.8 Å². The van der Waals surface area contributed by atoms with Crippen molar-refractivity contribution in [3.05, 3.63) is 28.7 Å². The second-order valence-electron chi connectivity index (χ2n) is 5.88. The van der Waals surface area contributed by atoms with Crippen LogP contribution in [0.5, 0.6) is 0 Å². The predicted octanol–water partition coefficient (Wildman–Crippen LogP) is 0.796. The zero-order chi connectivity index (χ0) is 19.7. The molecule has 0 aliphatic carbocycles. The van der Waals surface area contributed by atoms with Gasteiger partial charge in [0.15, 0.2) is 0 Å². The van der Waals surface area contributed by atoms with Crippen molar-refractivity contribution in [2.24, 2.45) is 5.92 Å². The number of rotatable bonds is 10. The minimum Gasteiger partial charge on any atom is -0.480 e. The Morgan fingerprint density at radius 1 is 1.19 bits per heavy atom. The molecule has 3 N–H and O–H groups in total. The van der Waals surface area contributed by atoms with Gasteiger partial charge in [0.2, 0.25) is 11.8 Å². The van der Waals surface area contributed by atoms with Gasteiger partial charge >= 0.3 is 5.97 Å². The monoisotopic (exact) mass is 427 g/mol. The lowest BCUT2D eigenvalue weighted by Crippen LogP contribution is -2.48. The maximum absolute atomic E-state index is 12.3. The van der Waals surface area contributed by atoms with Crippen molar-refractivity contribution in [1.82, 2.24) is 10.6 Å². The topological polar surface area (TPSA) is 116 Å². The van der Waals surface area contributed by atoms with Crippen molar-refractivity contribution in [2.45, 2.75) is 19.9 Å². The molecule has 1 aromatic carbocycles. The van der Waals surface area contributed by atoms with Crippen LogP contribution >= 0.6 is 15.9 Å². The van der Waals surface area contributed by atoms with Crippen molar-refractivity contribution in [2.75, 3.05) is 24.5 Å². The number of hydrogen-bond donors (Lipinski definition) is 3. The lowest BCUT2D eigenvalue weighted by molar-refractivity contribution is -0.143. The van der Waals surface area contributed by atoms with Gasteiger partial charge in [0.1, 0.15) is 12.3 Å². The number of anilines is 1. The molecule has 0 bridgehead atoms. The van der Waals surface area contributed by atoms with Crippen LogP contribution in [-0.2, 0) is 19.2 Å². The summed E-state index contributed by atoms with van der Waals surface area (Å²) < 4.78 is 0.840. The lowest BCUT2D eigenvalue weighted by Gasteiger charge is -2.21. The van der Waals surface area contributed by atoms with Crippen LogP contribution in [0.3, 0.4) is 0 Å². The van der Waals surface area contributed by atoms with Gasteiger partial charge in [-0.15, -0.1) is 0 Å². The van der Waals surface area contributed by atoms with E-state index in [0.717, 1.165) is 4.47 Å². The van der Waals surface area contributed by atoms with Crippen molar-refractivity contribution in [1.29, 1.82) is 0 Å². The first-order chi connectivity index (χ1) is 12.3. The number of nitrogens with one attached hydrogen (secondary N) is 2. The molecule has 2 amide bonds. The van der Waals surface area contributed by atoms with Crippen LogP contribution in [0.4, 0.5) is 5.69 Å². The summed E-state index contributed by atoms with van der Waals surface area (Å²) in [5, 5.41) is 14.1. The van der Waals surface area contributed by atoms with Gasteiger partial charge in [0, 0.05) is 10.2 Å². The van der Waals surface area contributed by atoms with Crippen LogP contribution in [0.15, 0.2) is 28.7 Å². The molecule has 1 aromatic rings. The predicted molar refractivity (Wildman–Crippen MR) is 99.8 cm³/mol. The molecular formula is C17H22BrN3O5. The number of carboxylic acids is 1. The summed E-state index contributed by atoms with van der Waals surface area (Å²) in [6.07, 6.45) is 0.618. The van der Waals surface area contributed by atoms with Crippen molar-refractivity contribution in [3.8, 4) is 0 Å². The van der Waals surface area contributed by atoms with Gasteiger partial charge in [0.05, 0.1) is 19.6 Å². The van der Waals surface area contributed by atoms with Crippen molar-refractivity contribution >= 4 is 45.7 Å². The first kappa shape index (κ1) is 21.8. The summed E-state index contributed by atoms with van der Waals surface area (Å²) in [4.78, 5) is 47.3. The lowest BCUT2D eigenvalue weighted by atomic mass is 10.1. The van der Waals surface area contributed by atoms with Gasteiger partial charge in [-0.05, 0) is 30.2 Å². The number of halogens is 1. The average molecular weight is 428 g/mol. The second kappa shape index (κ2) is 10.7. The number of carbonyl (C=O) groups excluding carboxylic acids is 3. The van der Waals surface area contributed by atoms with Crippen molar-refractivity contribution in [3.63, 3.8) is 0 Å². The highest BCUT2D eigenvalue weighted by atomic mass is 79.9. The van der Waals surface area contributed by atoms with Crippen LogP contribution < -0.4 is 15.5 Å². The summed E-state index contributed by atoms with van der Waals surface area (Å²) >= 11 is 3.30. The van der Waals surface area contributed by atoms with Crippen LogP contribution in [0.25, 0.3) is 0 Å². The first-order valence-electron chi connectivity index (χ1n) is 7.98. The Morgan fingerprint density at radius 2 is 1.81 bits per heavy atom. The van der Waals surface area contributed by atoms with E-state index in [1.807, 2.05) is 0 Å². The summed E-state index contributed by atoms with van der Waals surface area (Å²) in [7, 11) is 0. The number of nitrogens with zero attached hydrogens (tertiary/aromatic N) is 1. The fourth-order valence-corrected chi connectivity index (χ4v) is 2.43. The normalized spacial score (nSPS) is 11.7. The maximum atomic E-state index is 12.3. The Labute approximate surface area is 160 Å². The number of benzene rings is 1. The largest absolute Gasteiger partial charge is 0.480 e. The van der Waals surface area contributed by atoms with Gasteiger partial charge in [-0.3, -0.25) is 14.9 Å². The quantitative estimate of drug-likeness (QED) is 0.475. The van der Waals surface area contributed by atoms with E-state index in [2.05, 4.69) is 26.6 Å². The van der Waals surface area contributed by atoms with Crippen LogP contribution in [-0.4, -0.2) is 54.9 Å². The smallest absolute Gasteiger partial charge is 0.326 e. The van der Waals surface area contributed by atoms with E-state index in [1.165, 1.54) is 4.90 Å². The van der Waals surface area contributed by atoms with Gasteiger partial charge in [-0.1, -0.05) is 29.8 Å². The Hall–Kier alpha value is -2.26. The Bertz CT molecular complexity index is 648. The summed E-state index contributed by atoms with van der Waals surface area (Å²) in [5.74, 6) is -2.29. The molecular weight excluding hydrogens is 406 g/mol. The third kappa shape index (κ3) is 6.93. The number of aldehydes is 1. The van der Waals surface area contributed by atoms with E-state index in [0.29, 0.717) is 12.0 Å². The van der Waals surface area contributed by atoms with E-state index in [4.69, 9.17) is 5.11 Å². The molecule has 26 heavy (non-hydrogen) atoms. The molecule has 8 nitrogen and oxygen atoms in total. The summed E-state index contributed by atoms with van der Waals surface area (Å²) in [6, 6.07) is 5.89. The highest BCUT2D eigenvalue weighted by molar-refractivity contribution is 9.10. The van der Waals surface area contributed by atoms with Crippen molar-refractivity contribution < 1.29 is 24.3 Å². The van der Waals surface area contributed by atoms with Gasteiger partial charge < -0.3 is 20.1 Å². The molecule has 0 heterocycles. The molecule has 0 aliphatic heterocycles. The van der Waals surface area contributed by atoms with E-state index < -0.39 is 17.9 Å². The second-order valence-corrected chi connectivity index (χ2v) is 6.79. The number of aliphatic carboxylic acids is 1. The van der Waals surface area contributed by atoms with Crippen LogP contribution in [0, 0.1) is 5.92 Å². The molecule has 9 heteroatoms. The van der Waals surface area contributed by atoms with E-state index in [-0.39, 0.29) is 31.5 Å². The molecule has 142 valence electrons. The maximum Gasteiger partial charge on any atom is 0.326 e. The highest BCUT2D eigenvalue weighted by Gasteiger charge is 2.23. The minimum atomic E-state index is -1.11. The molecule has 0 saturated heterocycles. The Morgan fingerprint density at radius 3 is 2.31 bits per heavy atom. The molecule has 1 unspecified atom stereocenters. The third-order valence-corrected chi connectivity index (χ3v) is 4.04. The van der Waals surface area contributed by atoms with Gasteiger partial charge in [0.25, 0.3) is 0 Å².